The third kappa shape index (κ3) is 47.9. The maximum absolute atomic E-state index is 13.1. The Morgan fingerprint density at radius 2 is 0.778 bits per heavy atom. The second-order valence-electron chi connectivity index (χ2n) is 21.4. The van der Waals surface area contributed by atoms with Crippen molar-refractivity contribution in [1.29, 1.82) is 0 Å². The normalized spacial score (nSPS) is 19.5. The highest BCUT2D eigenvalue weighted by Gasteiger charge is 2.44. The summed E-state index contributed by atoms with van der Waals surface area (Å²) in [6.45, 7) is 3.63. The molecule has 0 radical (unpaired) electrons. The van der Waals surface area contributed by atoms with E-state index >= 15 is 0 Å². The summed E-state index contributed by atoms with van der Waals surface area (Å²) in [6.07, 6.45) is 86.0. The Labute approximate surface area is 495 Å². The standard InChI is InChI=1S/C72H117NO8/c1-3-5-7-9-11-13-15-17-19-21-23-25-27-28-29-30-31-32-33-34-35-36-37-38-40-42-44-46-48-50-52-54-56-58-60-62-68(76)73-65(64-80-72-71(79)70(78)69(77)67(63-74)81-72)66(75)61-59-57-55-53-51-49-47-45-43-41-39-26-24-22-20-18-16-14-12-10-8-6-4-2/h5,7,11,13,17,19,23,25,28-29,31-32,34-35,37-38,42-45,48,50-51,53,59,61,65-67,69-72,74-75,77-79H,3-4,6,8-10,12,14-16,18,20-22,24,26-27,30,33,36,39-41,46-47,49,52,54-58,60,62-64H2,1-2H3,(H,73,76)/b7-5-,13-11-,19-17-,25-23-,29-28-,32-31-,35-34-,38-37-,44-42-,45-43+,50-48-,53-51+,61-59+. The van der Waals surface area contributed by atoms with Crippen LogP contribution < -0.4 is 5.32 Å². The number of allylic oxidation sites excluding steroid dienone is 25. The molecule has 1 fully saturated rings. The highest BCUT2D eigenvalue weighted by molar-refractivity contribution is 5.76. The van der Waals surface area contributed by atoms with Crippen molar-refractivity contribution in [2.75, 3.05) is 13.2 Å². The molecule has 0 aromatic heterocycles. The molecule has 1 amide bonds. The minimum atomic E-state index is -1.59. The number of hydrogen-bond donors (Lipinski definition) is 6. The average molecular weight is 1120 g/mol. The van der Waals surface area contributed by atoms with E-state index in [0.717, 1.165) is 116 Å². The zero-order valence-electron chi connectivity index (χ0n) is 51.0. The van der Waals surface area contributed by atoms with Gasteiger partial charge < -0.3 is 40.3 Å². The molecule has 0 aromatic carbocycles. The van der Waals surface area contributed by atoms with Crippen LogP contribution in [0.2, 0.25) is 0 Å². The molecule has 1 heterocycles. The quantitative estimate of drug-likeness (QED) is 0.0261. The zero-order chi connectivity index (χ0) is 58.6. The average Bonchev–Trinajstić information content (AvgIpc) is 3.48. The first-order chi connectivity index (χ1) is 39.8. The molecule has 81 heavy (non-hydrogen) atoms. The number of unbranched alkanes of at least 4 members (excludes halogenated alkanes) is 19. The van der Waals surface area contributed by atoms with Gasteiger partial charge in [-0.2, -0.15) is 0 Å². The molecular weight excluding hydrogens is 1010 g/mol. The van der Waals surface area contributed by atoms with Crippen LogP contribution in [0.3, 0.4) is 0 Å². The molecule has 1 rings (SSSR count). The van der Waals surface area contributed by atoms with Crippen LogP contribution in [-0.4, -0.2) is 87.5 Å². The molecule has 1 aliphatic rings. The molecule has 0 saturated carbocycles. The third-order valence-electron chi connectivity index (χ3n) is 14.1. The van der Waals surface area contributed by atoms with E-state index in [1.165, 1.54) is 83.5 Å². The van der Waals surface area contributed by atoms with E-state index in [1.54, 1.807) is 6.08 Å². The molecular formula is C72H117NO8. The number of carbonyl (C=O) groups is 1. The number of rotatable bonds is 53. The Morgan fingerprint density at radius 1 is 0.432 bits per heavy atom. The maximum atomic E-state index is 13.1. The number of aliphatic hydroxyl groups excluding tert-OH is 5. The summed E-state index contributed by atoms with van der Waals surface area (Å²) in [7, 11) is 0. The number of hydrogen-bond acceptors (Lipinski definition) is 8. The summed E-state index contributed by atoms with van der Waals surface area (Å²) >= 11 is 0. The molecule has 458 valence electrons. The molecule has 1 saturated heterocycles. The number of aliphatic hydroxyl groups is 5. The molecule has 7 atom stereocenters. The van der Waals surface area contributed by atoms with Gasteiger partial charge in [0.15, 0.2) is 6.29 Å². The molecule has 0 spiro atoms. The van der Waals surface area contributed by atoms with Crippen molar-refractivity contribution in [3.05, 3.63) is 158 Å². The van der Waals surface area contributed by atoms with Crippen LogP contribution >= 0.6 is 0 Å². The largest absolute Gasteiger partial charge is 0.394 e. The second kappa shape index (κ2) is 59.0. The van der Waals surface area contributed by atoms with Crippen LogP contribution in [0.25, 0.3) is 0 Å². The van der Waals surface area contributed by atoms with E-state index in [1.807, 2.05) is 6.08 Å². The number of nitrogens with one attached hydrogen (secondary N) is 1. The Kier molecular flexibility index (Phi) is 54.5. The van der Waals surface area contributed by atoms with Crippen molar-refractivity contribution in [3.8, 4) is 0 Å². The Hall–Kier alpha value is -4.19. The van der Waals surface area contributed by atoms with Crippen molar-refractivity contribution in [2.24, 2.45) is 0 Å². The van der Waals surface area contributed by atoms with Gasteiger partial charge in [0.1, 0.15) is 24.4 Å². The summed E-state index contributed by atoms with van der Waals surface area (Å²) in [5.74, 6) is -0.221. The monoisotopic (exact) mass is 1120 g/mol. The first-order valence-electron chi connectivity index (χ1n) is 32.2. The molecule has 7 unspecified atom stereocenters. The number of carbonyl (C=O) groups excluding carboxylic acids is 1. The fraction of sp³-hybridized carbons (Fsp3) is 0.625. The first kappa shape index (κ1) is 74.8. The molecule has 9 nitrogen and oxygen atoms in total. The highest BCUT2D eigenvalue weighted by atomic mass is 16.7. The SMILES string of the molecule is CC/C=C\C/C=C\C/C=C\C/C=C\C/C=C\C/C=C\C/C=C\C/C=C\C/C=C\C/C=C\CCCCCCC(=O)NC(COC1OC(CO)C(O)C(O)C1O)C(O)/C=C/CC/C=C/CC/C=C/CCCCCCCCCCCCCCC. The smallest absolute Gasteiger partial charge is 0.220 e. The van der Waals surface area contributed by atoms with Crippen LogP contribution in [0.15, 0.2) is 158 Å². The fourth-order valence-electron chi connectivity index (χ4n) is 9.04. The van der Waals surface area contributed by atoms with Crippen LogP contribution in [0.4, 0.5) is 0 Å². The van der Waals surface area contributed by atoms with E-state index in [4.69, 9.17) is 9.47 Å². The predicted octanol–water partition coefficient (Wildman–Crippen LogP) is 17.2. The van der Waals surface area contributed by atoms with Gasteiger partial charge in [-0.05, 0) is 122 Å². The first-order valence-corrected chi connectivity index (χ1v) is 32.2. The lowest BCUT2D eigenvalue weighted by atomic mass is 9.99. The Balaban J connectivity index is 2.27. The molecule has 0 bridgehead atoms. The van der Waals surface area contributed by atoms with Crippen molar-refractivity contribution >= 4 is 5.91 Å². The highest BCUT2D eigenvalue weighted by Crippen LogP contribution is 2.23. The van der Waals surface area contributed by atoms with Crippen LogP contribution in [0, 0.1) is 0 Å². The Morgan fingerprint density at radius 3 is 1.19 bits per heavy atom. The van der Waals surface area contributed by atoms with Crippen LogP contribution in [0.1, 0.15) is 232 Å². The van der Waals surface area contributed by atoms with Gasteiger partial charge in [-0.15, -0.1) is 0 Å². The van der Waals surface area contributed by atoms with Crippen molar-refractivity contribution in [1.82, 2.24) is 5.32 Å². The van der Waals surface area contributed by atoms with Gasteiger partial charge >= 0.3 is 0 Å². The number of ether oxygens (including phenoxy) is 2. The summed E-state index contributed by atoms with van der Waals surface area (Å²) in [6, 6.07) is -0.856. The van der Waals surface area contributed by atoms with E-state index in [-0.39, 0.29) is 12.5 Å². The number of amides is 1. The van der Waals surface area contributed by atoms with Crippen molar-refractivity contribution in [2.45, 2.75) is 275 Å². The lowest BCUT2D eigenvalue weighted by Crippen LogP contribution is -2.60. The molecule has 0 aromatic rings. The zero-order valence-corrected chi connectivity index (χ0v) is 51.0. The topological polar surface area (TPSA) is 149 Å². The van der Waals surface area contributed by atoms with Gasteiger partial charge in [0.2, 0.25) is 5.91 Å². The summed E-state index contributed by atoms with van der Waals surface area (Å²) in [5.41, 5.74) is 0. The van der Waals surface area contributed by atoms with E-state index in [9.17, 15) is 30.3 Å². The fourth-order valence-corrected chi connectivity index (χ4v) is 9.04. The van der Waals surface area contributed by atoms with E-state index < -0.39 is 49.5 Å². The van der Waals surface area contributed by atoms with Crippen LogP contribution in [0.5, 0.6) is 0 Å². The summed E-state index contributed by atoms with van der Waals surface area (Å²) < 4.78 is 11.3. The lowest BCUT2D eigenvalue weighted by Gasteiger charge is -2.40. The third-order valence-corrected chi connectivity index (χ3v) is 14.1. The minimum Gasteiger partial charge on any atom is -0.394 e. The van der Waals surface area contributed by atoms with Crippen LogP contribution in [-0.2, 0) is 14.3 Å². The summed E-state index contributed by atoms with van der Waals surface area (Å²) in [4.78, 5) is 13.1. The molecule has 1 aliphatic heterocycles. The lowest BCUT2D eigenvalue weighted by molar-refractivity contribution is -0.302. The predicted molar refractivity (Wildman–Crippen MR) is 345 cm³/mol. The minimum absolute atomic E-state index is 0.221. The van der Waals surface area contributed by atoms with Gasteiger partial charge in [-0.3, -0.25) is 4.79 Å². The van der Waals surface area contributed by atoms with Gasteiger partial charge in [0, 0.05) is 6.42 Å². The van der Waals surface area contributed by atoms with Gasteiger partial charge in [0.05, 0.1) is 25.4 Å². The van der Waals surface area contributed by atoms with E-state index in [0.29, 0.717) is 19.3 Å². The van der Waals surface area contributed by atoms with Gasteiger partial charge in [-0.1, -0.05) is 262 Å². The Bertz CT molecular complexity index is 1830. The maximum Gasteiger partial charge on any atom is 0.220 e. The second-order valence-corrected chi connectivity index (χ2v) is 21.4. The summed E-state index contributed by atoms with van der Waals surface area (Å²) in [5, 5.41) is 54.6. The van der Waals surface area contributed by atoms with Crippen molar-refractivity contribution in [3.63, 3.8) is 0 Å². The van der Waals surface area contributed by atoms with Gasteiger partial charge in [0.25, 0.3) is 0 Å². The van der Waals surface area contributed by atoms with Crippen molar-refractivity contribution < 1.29 is 39.8 Å². The molecule has 6 N–H and O–H groups in total. The molecule has 9 heteroatoms. The van der Waals surface area contributed by atoms with Gasteiger partial charge in [-0.25, -0.2) is 0 Å². The molecule has 0 aliphatic carbocycles. The van der Waals surface area contributed by atoms with E-state index in [2.05, 4.69) is 165 Å².